The average Bonchev–Trinajstić information content (AvgIpc) is 2.05. The summed E-state index contributed by atoms with van der Waals surface area (Å²) in [6, 6.07) is 6.98. The first-order valence-electron chi connectivity index (χ1n) is 4.84. The van der Waals surface area contributed by atoms with Crippen molar-refractivity contribution >= 4 is 5.97 Å². The van der Waals surface area contributed by atoms with E-state index in [2.05, 4.69) is 0 Å². The number of hydrogen-bond donors (Lipinski definition) is 0. The van der Waals surface area contributed by atoms with E-state index in [1.807, 2.05) is 20.8 Å². The minimum Gasteiger partial charge on any atom is -0.488 e. The largest absolute Gasteiger partial charge is 0.488 e. The van der Waals surface area contributed by atoms with Crippen LogP contribution in [0.15, 0.2) is 24.3 Å². The molecule has 1 aromatic rings. The molecule has 0 aliphatic heterocycles. The number of benzene rings is 1. The zero-order valence-electron chi connectivity index (χ0n) is 9.53. The Balaban J connectivity index is 2.68. The van der Waals surface area contributed by atoms with Crippen LogP contribution in [0.3, 0.4) is 0 Å². The van der Waals surface area contributed by atoms with E-state index in [1.54, 1.807) is 24.3 Å². The quantitative estimate of drug-likeness (QED) is 0.553. The van der Waals surface area contributed by atoms with Gasteiger partial charge in [-0.1, -0.05) is 0 Å². The monoisotopic (exact) mass is 208 g/mol. The van der Waals surface area contributed by atoms with Gasteiger partial charge in [-0.05, 0) is 45.0 Å². The summed E-state index contributed by atoms with van der Waals surface area (Å²) < 4.78 is 10.5. The van der Waals surface area contributed by atoms with Gasteiger partial charge < -0.3 is 9.47 Å². The molecule has 3 nitrogen and oxygen atoms in total. The molecule has 0 aliphatic rings. The van der Waals surface area contributed by atoms with Gasteiger partial charge in [0.05, 0.1) is 0 Å². The third kappa shape index (κ3) is 4.49. The smallest absolute Gasteiger partial charge is 0.308 e. The van der Waals surface area contributed by atoms with Crippen molar-refractivity contribution in [3.8, 4) is 11.5 Å². The third-order valence-electron chi connectivity index (χ3n) is 1.51. The van der Waals surface area contributed by atoms with Crippen molar-refractivity contribution < 1.29 is 14.3 Å². The van der Waals surface area contributed by atoms with Gasteiger partial charge in [-0.15, -0.1) is 0 Å². The van der Waals surface area contributed by atoms with Crippen LogP contribution < -0.4 is 9.47 Å². The molecule has 0 radical (unpaired) electrons. The lowest BCUT2D eigenvalue weighted by molar-refractivity contribution is -0.131. The fourth-order valence-electron chi connectivity index (χ4n) is 1.10. The highest BCUT2D eigenvalue weighted by atomic mass is 16.5. The molecular formula is C12H16O3. The molecule has 0 fully saturated rings. The van der Waals surface area contributed by atoms with Gasteiger partial charge in [0.15, 0.2) is 0 Å². The first kappa shape index (κ1) is 11.6. The zero-order valence-corrected chi connectivity index (χ0v) is 9.53. The van der Waals surface area contributed by atoms with E-state index in [0.29, 0.717) is 5.75 Å². The minimum absolute atomic E-state index is 0.219. The SMILES string of the molecule is CC(=O)Oc1ccc(OC(C)(C)C)cc1. The minimum atomic E-state index is -0.320. The predicted octanol–water partition coefficient (Wildman–Crippen LogP) is 2.79. The topological polar surface area (TPSA) is 35.5 Å². The lowest BCUT2D eigenvalue weighted by Gasteiger charge is -2.21. The van der Waals surface area contributed by atoms with E-state index in [9.17, 15) is 4.79 Å². The molecule has 0 N–H and O–H groups in total. The Kier molecular flexibility index (Phi) is 3.35. The van der Waals surface area contributed by atoms with Crippen LogP contribution in [0.1, 0.15) is 27.7 Å². The van der Waals surface area contributed by atoms with Crippen LogP contribution in [-0.4, -0.2) is 11.6 Å². The van der Waals surface area contributed by atoms with Gasteiger partial charge in [0.1, 0.15) is 17.1 Å². The fraction of sp³-hybridized carbons (Fsp3) is 0.417. The first-order chi connectivity index (χ1) is 6.87. The van der Waals surface area contributed by atoms with E-state index >= 15 is 0 Å². The van der Waals surface area contributed by atoms with Gasteiger partial charge in [0, 0.05) is 6.92 Å². The van der Waals surface area contributed by atoms with Crippen molar-refractivity contribution in [1.82, 2.24) is 0 Å². The Morgan fingerprint density at radius 1 is 1.07 bits per heavy atom. The molecule has 0 atom stereocenters. The van der Waals surface area contributed by atoms with Crippen LogP contribution in [0.5, 0.6) is 11.5 Å². The maximum atomic E-state index is 10.7. The van der Waals surface area contributed by atoms with Crippen LogP contribution >= 0.6 is 0 Å². The summed E-state index contributed by atoms with van der Waals surface area (Å²) in [5.74, 6) is 0.974. The summed E-state index contributed by atoms with van der Waals surface area (Å²) in [5, 5.41) is 0. The molecule has 0 aliphatic carbocycles. The molecular weight excluding hydrogens is 192 g/mol. The standard InChI is InChI=1S/C12H16O3/c1-9(13)14-10-5-7-11(8-6-10)15-12(2,3)4/h5-8H,1-4H3. The van der Waals surface area contributed by atoms with Crippen molar-refractivity contribution in [2.75, 3.05) is 0 Å². The maximum absolute atomic E-state index is 10.7. The van der Waals surface area contributed by atoms with Crippen molar-refractivity contribution in [2.45, 2.75) is 33.3 Å². The van der Waals surface area contributed by atoms with Crippen molar-refractivity contribution in [1.29, 1.82) is 0 Å². The normalized spacial score (nSPS) is 10.9. The molecule has 1 aromatic carbocycles. The molecule has 3 heteroatoms. The molecule has 82 valence electrons. The van der Waals surface area contributed by atoms with Crippen molar-refractivity contribution in [3.05, 3.63) is 24.3 Å². The Bertz CT molecular complexity index is 333. The van der Waals surface area contributed by atoms with E-state index < -0.39 is 0 Å². The highest BCUT2D eigenvalue weighted by Gasteiger charge is 2.11. The molecule has 0 amide bonds. The lowest BCUT2D eigenvalue weighted by Crippen LogP contribution is -2.22. The van der Waals surface area contributed by atoms with E-state index in [1.165, 1.54) is 6.92 Å². The average molecular weight is 208 g/mol. The van der Waals surface area contributed by atoms with E-state index in [-0.39, 0.29) is 11.6 Å². The first-order valence-corrected chi connectivity index (χ1v) is 4.84. The summed E-state index contributed by atoms with van der Waals surface area (Å²) in [4.78, 5) is 10.7. The summed E-state index contributed by atoms with van der Waals surface area (Å²) in [7, 11) is 0. The van der Waals surface area contributed by atoms with Crippen LogP contribution in [-0.2, 0) is 4.79 Å². The molecule has 0 heterocycles. The maximum Gasteiger partial charge on any atom is 0.308 e. The molecule has 1 rings (SSSR count). The van der Waals surface area contributed by atoms with Crippen molar-refractivity contribution in [3.63, 3.8) is 0 Å². The summed E-state index contributed by atoms with van der Waals surface area (Å²) in [6.45, 7) is 7.31. The number of carbonyl (C=O) groups is 1. The van der Waals surface area contributed by atoms with Gasteiger partial charge in [-0.25, -0.2) is 0 Å². The Morgan fingerprint density at radius 2 is 1.53 bits per heavy atom. The predicted molar refractivity (Wildman–Crippen MR) is 58.1 cm³/mol. The Morgan fingerprint density at radius 3 is 1.93 bits per heavy atom. The van der Waals surface area contributed by atoms with Gasteiger partial charge in [0.25, 0.3) is 0 Å². The van der Waals surface area contributed by atoms with Crippen LogP contribution in [0.4, 0.5) is 0 Å². The second kappa shape index (κ2) is 4.34. The van der Waals surface area contributed by atoms with Gasteiger partial charge in [-0.2, -0.15) is 0 Å². The second-order valence-corrected chi connectivity index (χ2v) is 4.28. The lowest BCUT2D eigenvalue weighted by atomic mass is 10.2. The zero-order chi connectivity index (χ0) is 11.5. The molecule has 0 unspecified atom stereocenters. The number of hydrogen-bond acceptors (Lipinski definition) is 3. The summed E-state index contributed by atoms with van der Waals surface area (Å²) in [5.41, 5.74) is -0.219. The van der Waals surface area contributed by atoms with Crippen molar-refractivity contribution in [2.24, 2.45) is 0 Å². The fourth-order valence-corrected chi connectivity index (χ4v) is 1.10. The number of ether oxygens (including phenoxy) is 2. The van der Waals surface area contributed by atoms with Crippen LogP contribution in [0, 0.1) is 0 Å². The van der Waals surface area contributed by atoms with E-state index in [0.717, 1.165) is 5.75 Å². The summed E-state index contributed by atoms with van der Waals surface area (Å²) in [6.07, 6.45) is 0. The van der Waals surface area contributed by atoms with Gasteiger partial charge >= 0.3 is 5.97 Å². The molecule has 0 saturated heterocycles. The van der Waals surface area contributed by atoms with E-state index in [4.69, 9.17) is 9.47 Å². The van der Waals surface area contributed by atoms with Crippen LogP contribution in [0.25, 0.3) is 0 Å². The number of carbonyl (C=O) groups excluding carboxylic acids is 1. The molecule has 0 bridgehead atoms. The Hall–Kier alpha value is -1.51. The third-order valence-corrected chi connectivity index (χ3v) is 1.51. The second-order valence-electron chi connectivity index (χ2n) is 4.28. The van der Waals surface area contributed by atoms with Gasteiger partial charge in [-0.3, -0.25) is 4.79 Å². The molecule has 0 aromatic heterocycles. The molecule has 0 spiro atoms. The van der Waals surface area contributed by atoms with Gasteiger partial charge in [0.2, 0.25) is 0 Å². The highest BCUT2D eigenvalue weighted by molar-refractivity contribution is 5.69. The molecule has 0 saturated carbocycles. The number of rotatable bonds is 2. The highest BCUT2D eigenvalue weighted by Crippen LogP contribution is 2.21. The van der Waals surface area contributed by atoms with Crippen LogP contribution in [0.2, 0.25) is 0 Å². The number of esters is 1. The summed E-state index contributed by atoms with van der Waals surface area (Å²) >= 11 is 0. The Labute approximate surface area is 90.0 Å². The molecule has 15 heavy (non-hydrogen) atoms.